The van der Waals surface area contributed by atoms with Gasteiger partial charge in [0.1, 0.15) is 10.7 Å². The van der Waals surface area contributed by atoms with Crippen molar-refractivity contribution in [2.45, 2.75) is 44.7 Å². The number of fused-ring (bicyclic) bond motifs is 1. The maximum atomic E-state index is 12.5. The molecule has 0 saturated carbocycles. The van der Waals surface area contributed by atoms with Crippen LogP contribution in [-0.4, -0.2) is 21.1 Å². The highest BCUT2D eigenvalue weighted by Crippen LogP contribution is 2.26. The van der Waals surface area contributed by atoms with E-state index in [-0.39, 0.29) is 22.8 Å². The maximum Gasteiger partial charge on any atom is 0.259 e. The summed E-state index contributed by atoms with van der Waals surface area (Å²) < 4.78 is 0. The zero-order valence-electron chi connectivity index (χ0n) is 16.7. The third kappa shape index (κ3) is 4.69. The van der Waals surface area contributed by atoms with Gasteiger partial charge in [-0.3, -0.25) is 9.59 Å². The highest BCUT2D eigenvalue weighted by Gasteiger charge is 2.18. The van der Waals surface area contributed by atoms with E-state index in [1.165, 1.54) is 23.1 Å². The first kappa shape index (κ1) is 21.1. The quantitative estimate of drug-likeness (QED) is 0.621. The van der Waals surface area contributed by atoms with Crippen LogP contribution < -0.4 is 10.9 Å². The van der Waals surface area contributed by atoms with Crippen molar-refractivity contribution >= 4 is 39.2 Å². The molecule has 2 aromatic heterocycles. The van der Waals surface area contributed by atoms with Gasteiger partial charge >= 0.3 is 0 Å². The van der Waals surface area contributed by atoms with Gasteiger partial charge in [-0.15, -0.1) is 23.1 Å². The summed E-state index contributed by atoms with van der Waals surface area (Å²) >= 11 is 2.94. The fraction of sp³-hybridized carbons (Fsp3) is 0.333. The molecule has 6 nitrogen and oxygen atoms in total. The van der Waals surface area contributed by atoms with Gasteiger partial charge in [-0.2, -0.15) is 5.26 Å². The first-order valence-corrected chi connectivity index (χ1v) is 11.1. The molecule has 0 saturated heterocycles. The summed E-state index contributed by atoms with van der Waals surface area (Å²) in [5, 5.41) is 12.2. The Kier molecular flexibility index (Phi) is 6.40. The number of nitriles is 1. The molecule has 0 aliphatic heterocycles. The second-order valence-electron chi connectivity index (χ2n) is 6.89. The number of thioether (sulfide) groups is 1. The minimum Gasteiger partial charge on any atom is -0.349 e. The van der Waals surface area contributed by atoms with Crippen LogP contribution >= 0.6 is 23.1 Å². The lowest BCUT2D eigenvalue weighted by atomic mass is 10.1. The molecule has 0 fully saturated rings. The molecule has 0 aliphatic carbocycles. The van der Waals surface area contributed by atoms with E-state index in [1.54, 1.807) is 12.1 Å². The van der Waals surface area contributed by atoms with Crippen LogP contribution in [0.3, 0.4) is 0 Å². The molecule has 2 N–H and O–H groups in total. The van der Waals surface area contributed by atoms with E-state index < -0.39 is 0 Å². The van der Waals surface area contributed by atoms with Crippen LogP contribution in [0.1, 0.15) is 47.3 Å². The van der Waals surface area contributed by atoms with E-state index in [0.717, 1.165) is 20.8 Å². The average molecular weight is 427 g/mol. The minimum absolute atomic E-state index is 0.0851. The fourth-order valence-electron chi connectivity index (χ4n) is 2.91. The molecule has 0 aliphatic rings. The SMILES string of the molecule is Cc1sc2nc(CSC(C)C(=O)NC(C)c3ccc(C#N)cc3)[nH]c(=O)c2c1C. The lowest BCUT2D eigenvalue weighted by molar-refractivity contribution is -0.120. The molecule has 2 atom stereocenters. The van der Waals surface area contributed by atoms with Crippen LogP contribution in [0.4, 0.5) is 0 Å². The molecule has 2 heterocycles. The zero-order chi connectivity index (χ0) is 21.1. The van der Waals surface area contributed by atoms with Crippen molar-refractivity contribution in [3.8, 4) is 6.07 Å². The molecular weight excluding hydrogens is 404 g/mol. The maximum absolute atomic E-state index is 12.5. The van der Waals surface area contributed by atoms with Gasteiger partial charge in [-0.05, 0) is 51.0 Å². The third-order valence-corrected chi connectivity index (χ3v) is 7.08. The van der Waals surface area contributed by atoms with E-state index in [1.807, 2.05) is 39.8 Å². The largest absolute Gasteiger partial charge is 0.349 e. The fourth-order valence-corrected chi connectivity index (χ4v) is 4.72. The van der Waals surface area contributed by atoms with Crippen molar-refractivity contribution in [2.75, 3.05) is 0 Å². The van der Waals surface area contributed by atoms with Gasteiger partial charge in [0.05, 0.1) is 34.1 Å². The van der Waals surface area contributed by atoms with Crippen LogP contribution in [0.25, 0.3) is 10.2 Å². The number of nitrogens with zero attached hydrogens (tertiary/aromatic N) is 2. The molecule has 3 rings (SSSR count). The molecule has 29 heavy (non-hydrogen) atoms. The zero-order valence-corrected chi connectivity index (χ0v) is 18.3. The van der Waals surface area contributed by atoms with Gasteiger partial charge in [-0.1, -0.05) is 12.1 Å². The van der Waals surface area contributed by atoms with Gasteiger partial charge < -0.3 is 10.3 Å². The first-order valence-electron chi connectivity index (χ1n) is 9.21. The van der Waals surface area contributed by atoms with Crippen LogP contribution in [0, 0.1) is 25.2 Å². The lowest BCUT2D eigenvalue weighted by Crippen LogP contribution is -2.33. The molecule has 8 heteroatoms. The number of thiophene rings is 1. The Balaban J connectivity index is 1.62. The number of benzene rings is 1. The van der Waals surface area contributed by atoms with Crippen LogP contribution in [0.15, 0.2) is 29.1 Å². The number of carbonyl (C=O) groups is 1. The predicted molar refractivity (Wildman–Crippen MR) is 118 cm³/mol. The number of H-pyrrole nitrogens is 1. The van der Waals surface area contributed by atoms with Crippen LogP contribution in [0.2, 0.25) is 0 Å². The predicted octanol–water partition coefficient (Wildman–Crippen LogP) is 3.97. The van der Waals surface area contributed by atoms with Gasteiger partial charge in [0.25, 0.3) is 5.56 Å². The molecule has 2 unspecified atom stereocenters. The summed E-state index contributed by atoms with van der Waals surface area (Å²) in [7, 11) is 0. The standard InChI is InChI=1S/C21H22N4O2S2/c1-11-13(3)29-21-18(11)20(27)24-17(25-21)10-28-14(4)19(26)23-12(2)16-7-5-15(9-22)6-8-16/h5-8,12,14H,10H2,1-4H3,(H,23,26)(H,24,25,27). The molecule has 150 valence electrons. The molecule has 1 aromatic carbocycles. The minimum atomic E-state index is -0.302. The summed E-state index contributed by atoms with van der Waals surface area (Å²) in [6, 6.07) is 9.08. The summed E-state index contributed by atoms with van der Waals surface area (Å²) in [6.45, 7) is 7.66. The Labute approximate surface area is 177 Å². The number of hydrogen-bond donors (Lipinski definition) is 2. The second kappa shape index (κ2) is 8.80. The normalized spacial score (nSPS) is 13.1. The third-order valence-electron chi connectivity index (χ3n) is 4.83. The van der Waals surface area contributed by atoms with Crippen molar-refractivity contribution in [3.63, 3.8) is 0 Å². The molecule has 0 spiro atoms. The Morgan fingerprint density at radius 3 is 2.66 bits per heavy atom. The van der Waals surface area contributed by atoms with E-state index in [9.17, 15) is 9.59 Å². The Bertz CT molecular complexity index is 1140. The van der Waals surface area contributed by atoms with Gasteiger partial charge in [0, 0.05) is 4.88 Å². The van der Waals surface area contributed by atoms with Crippen LogP contribution in [0.5, 0.6) is 0 Å². The van der Waals surface area contributed by atoms with Gasteiger partial charge in [0.2, 0.25) is 5.91 Å². The number of aromatic nitrogens is 2. The Hall–Kier alpha value is -2.63. The summed E-state index contributed by atoms with van der Waals surface area (Å²) in [5.41, 5.74) is 2.38. The smallest absolute Gasteiger partial charge is 0.259 e. The van der Waals surface area contributed by atoms with Crippen molar-refractivity contribution < 1.29 is 4.79 Å². The number of aromatic amines is 1. The van der Waals surface area contributed by atoms with Crippen molar-refractivity contribution in [1.82, 2.24) is 15.3 Å². The molecule has 0 radical (unpaired) electrons. The van der Waals surface area contributed by atoms with E-state index in [0.29, 0.717) is 22.5 Å². The number of hydrogen-bond acceptors (Lipinski definition) is 6. The van der Waals surface area contributed by atoms with Gasteiger partial charge in [0.15, 0.2) is 0 Å². The second-order valence-corrected chi connectivity index (χ2v) is 9.43. The average Bonchev–Trinajstić information content (AvgIpc) is 3.00. The van der Waals surface area contributed by atoms with Crippen LogP contribution in [-0.2, 0) is 10.5 Å². The Morgan fingerprint density at radius 2 is 2.00 bits per heavy atom. The van der Waals surface area contributed by atoms with E-state index >= 15 is 0 Å². The highest BCUT2D eigenvalue weighted by atomic mass is 32.2. The highest BCUT2D eigenvalue weighted by molar-refractivity contribution is 7.99. The summed E-state index contributed by atoms with van der Waals surface area (Å²) in [5.74, 6) is 0.938. The van der Waals surface area contributed by atoms with Crippen molar-refractivity contribution in [3.05, 3.63) is 62.0 Å². The summed E-state index contributed by atoms with van der Waals surface area (Å²) in [4.78, 5) is 34.1. The lowest BCUT2D eigenvalue weighted by Gasteiger charge is -2.17. The number of aryl methyl sites for hydroxylation is 2. The number of carbonyl (C=O) groups excluding carboxylic acids is 1. The number of amides is 1. The number of nitrogens with one attached hydrogen (secondary N) is 2. The molecular formula is C21H22N4O2S2. The Morgan fingerprint density at radius 1 is 1.31 bits per heavy atom. The number of rotatable bonds is 6. The molecule has 0 bridgehead atoms. The first-order chi connectivity index (χ1) is 13.8. The monoisotopic (exact) mass is 426 g/mol. The van der Waals surface area contributed by atoms with E-state index in [4.69, 9.17) is 5.26 Å². The van der Waals surface area contributed by atoms with Crippen molar-refractivity contribution in [2.24, 2.45) is 0 Å². The van der Waals surface area contributed by atoms with E-state index in [2.05, 4.69) is 21.4 Å². The molecule has 1 amide bonds. The van der Waals surface area contributed by atoms with Crippen molar-refractivity contribution in [1.29, 1.82) is 5.26 Å². The summed E-state index contributed by atoms with van der Waals surface area (Å²) in [6.07, 6.45) is 0. The topological polar surface area (TPSA) is 98.6 Å². The molecule has 3 aromatic rings. The van der Waals surface area contributed by atoms with Gasteiger partial charge in [-0.25, -0.2) is 4.98 Å².